The summed E-state index contributed by atoms with van der Waals surface area (Å²) < 4.78 is 12.8. The van der Waals surface area contributed by atoms with Crippen molar-refractivity contribution in [2.24, 2.45) is 4.99 Å². The largest absolute Gasteiger partial charge is 0.454 e. The summed E-state index contributed by atoms with van der Waals surface area (Å²) >= 11 is 0. The number of unbranched alkanes of at least 4 members (excludes halogenated alkanes) is 1. The molecule has 3 rings (SSSR count). The molecule has 1 N–H and O–H groups in total. The highest BCUT2D eigenvalue weighted by molar-refractivity contribution is 14.0. The average Bonchev–Trinajstić information content (AvgIpc) is 3.29. The second kappa shape index (κ2) is 10.2. The number of hydrogen-bond donors (Lipinski definition) is 1. The number of aryl methyl sites for hydroxylation is 1. The number of ether oxygens (including phenoxy) is 2. The number of rotatable bonds is 7. The van der Waals surface area contributed by atoms with E-state index in [0.29, 0.717) is 6.79 Å². The first-order chi connectivity index (χ1) is 12.3. The van der Waals surface area contributed by atoms with Crippen LogP contribution in [-0.4, -0.2) is 53.1 Å². The molecule has 1 aliphatic rings. The number of aromatic nitrogens is 3. The number of benzene rings is 1. The highest BCUT2D eigenvalue weighted by Crippen LogP contribution is 2.32. The van der Waals surface area contributed by atoms with Crippen LogP contribution in [0.25, 0.3) is 0 Å². The second-order valence-corrected chi connectivity index (χ2v) is 5.92. The molecule has 0 spiro atoms. The Bertz CT molecular complexity index is 707. The number of guanidine groups is 1. The normalized spacial score (nSPS) is 12.6. The molecule has 26 heavy (non-hydrogen) atoms. The zero-order chi connectivity index (χ0) is 17.5. The van der Waals surface area contributed by atoms with Crippen molar-refractivity contribution in [3.8, 4) is 11.5 Å². The van der Waals surface area contributed by atoms with E-state index in [1.165, 1.54) is 0 Å². The molecule has 0 radical (unpaired) electrons. The molecule has 0 bridgehead atoms. The van der Waals surface area contributed by atoms with Crippen LogP contribution >= 0.6 is 24.0 Å². The summed E-state index contributed by atoms with van der Waals surface area (Å²) in [6.07, 6.45) is 5.60. The first-order valence-corrected chi connectivity index (χ1v) is 8.39. The van der Waals surface area contributed by atoms with E-state index in [-0.39, 0.29) is 24.0 Å². The topological polar surface area (TPSA) is 76.8 Å². The Morgan fingerprint density at radius 1 is 1.23 bits per heavy atom. The van der Waals surface area contributed by atoms with Gasteiger partial charge in [-0.25, -0.2) is 0 Å². The van der Waals surface area contributed by atoms with Crippen LogP contribution in [0, 0.1) is 0 Å². The van der Waals surface area contributed by atoms with E-state index < -0.39 is 0 Å². The van der Waals surface area contributed by atoms with Crippen molar-refractivity contribution < 1.29 is 9.47 Å². The monoisotopic (exact) mass is 472 g/mol. The highest BCUT2D eigenvalue weighted by atomic mass is 127. The quantitative estimate of drug-likeness (QED) is 0.288. The van der Waals surface area contributed by atoms with Gasteiger partial charge in [0.15, 0.2) is 17.5 Å². The Morgan fingerprint density at radius 3 is 2.77 bits per heavy atom. The van der Waals surface area contributed by atoms with Crippen molar-refractivity contribution in [3.63, 3.8) is 0 Å². The number of aliphatic imine (C=N–C) groups is 1. The Morgan fingerprint density at radius 2 is 2.00 bits per heavy atom. The van der Waals surface area contributed by atoms with Gasteiger partial charge in [-0.2, -0.15) is 0 Å². The predicted octanol–water partition coefficient (Wildman–Crippen LogP) is 2.11. The minimum absolute atomic E-state index is 0. The maximum absolute atomic E-state index is 5.43. The van der Waals surface area contributed by atoms with Gasteiger partial charge in [0, 0.05) is 33.7 Å². The highest BCUT2D eigenvalue weighted by Gasteiger charge is 2.14. The molecule has 1 aliphatic heterocycles. The van der Waals surface area contributed by atoms with Crippen LogP contribution in [0.2, 0.25) is 0 Å². The van der Waals surface area contributed by atoms with Gasteiger partial charge in [-0.05, 0) is 30.5 Å². The van der Waals surface area contributed by atoms with Crippen LogP contribution in [-0.2, 0) is 13.1 Å². The standard InChI is InChI=1S/C17H24N6O2.HI/c1-18-17(19-7-3-4-8-23-11-20-21-12-23)22(2)10-14-5-6-15-16(9-14)25-13-24-15;/h5-6,9,11-12H,3-4,7-8,10,13H2,1-2H3,(H,18,19);1H. The molecule has 2 aromatic rings. The summed E-state index contributed by atoms with van der Waals surface area (Å²) in [5.41, 5.74) is 1.15. The lowest BCUT2D eigenvalue weighted by Crippen LogP contribution is -2.38. The predicted molar refractivity (Wildman–Crippen MR) is 110 cm³/mol. The number of fused-ring (bicyclic) bond motifs is 1. The third-order valence-corrected chi connectivity index (χ3v) is 4.02. The molecule has 0 atom stereocenters. The van der Waals surface area contributed by atoms with Gasteiger partial charge >= 0.3 is 0 Å². The van der Waals surface area contributed by atoms with Crippen molar-refractivity contribution >= 4 is 29.9 Å². The van der Waals surface area contributed by atoms with Crippen LogP contribution in [0.15, 0.2) is 35.8 Å². The maximum atomic E-state index is 5.43. The van der Waals surface area contributed by atoms with E-state index in [9.17, 15) is 0 Å². The number of halogens is 1. The number of hydrogen-bond acceptors (Lipinski definition) is 5. The lowest BCUT2D eigenvalue weighted by molar-refractivity contribution is 0.174. The number of nitrogens with one attached hydrogen (secondary N) is 1. The first kappa shape index (κ1) is 20.3. The third-order valence-electron chi connectivity index (χ3n) is 4.02. The maximum Gasteiger partial charge on any atom is 0.231 e. The zero-order valence-corrected chi connectivity index (χ0v) is 17.4. The van der Waals surface area contributed by atoms with Crippen molar-refractivity contribution in [2.45, 2.75) is 25.9 Å². The minimum atomic E-state index is 0. The van der Waals surface area contributed by atoms with E-state index in [1.807, 2.05) is 23.7 Å². The Labute approximate surface area is 170 Å². The van der Waals surface area contributed by atoms with E-state index >= 15 is 0 Å². The van der Waals surface area contributed by atoms with E-state index in [1.54, 1.807) is 19.7 Å². The minimum Gasteiger partial charge on any atom is -0.454 e. The van der Waals surface area contributed by atoms with Gasteiger partial charge in [0.25, 0.3) is 0 Å². The van der Waals surface area contributed by atoms with Gasteiger partial charge in [-0.1, -0.05) is 6.07 Å². The molecule has 0 fully saturated rings. The van der Waals surface area contributed by atoms with E-state index in [2.05, 4.69) is 31.5 Å². The van der Waals surface area contributed by atoms with E-state index in [4.69, 9.17) is 9.47 Å². The first-order valence-electron chi connectivity index (χ1n) is 8.39. The average molecular weight is 472 g/mol. The lowest BCUT2D eigenvalue weighted by atomic mass is 10.2. The fourth-order valence-electron chi connectivity index (χ4n) is 2.73. The Kier molecular flexibility index (Phi) is 7.95. The van der Waals surface area contributed by atoms with Gasteiger partial charge < -0.3 is 24.3 Å². The van der Waals surface area contributed by atoms with Gasteiger partial charge in [-0.15, -0.1) is 34.2 Å². The molecule has 0 saturated heterocycles. The summed E-state index contributed by atoms with van der Waals surface area (Å²) in [7, 11) is 3.83. The summed E-state index contributed by atoms with van der Waals surface area (Å²) in [6.45, 7) is 2.85. The molecule has 2 heterocycles. The molecule has 0 saturated carbocycles. The number of nitrogens with zero attached hydrogens (tertiary/aromatic N) is 5. The Balaban J connectivity index is 0.00000243. The molecular weight excluding hydrogens is 447 g/mol. The second-order valence-electron chi connectivity index (χ2n) is 5.92. The van der Waals surface area contributed by atoms with Crippen molar-refractivity contribution in [1.29, 1.82) is 0 Å². The van der Waals surface area contributed by atoms with Crippen LogP contribution in [0.5, 0.6) is 11.5 Å². The molecule has 1 aromatic heterocycles. The molecule has 0 amide bonds. The van der Waals surface area contributed by atoms with Crippen LogP contribution in [0.3, 0.4) is 0 Å². The van der Waals surface area contributed by atoms with Crippen LogP contribution in [0.1, 0.15) is 18.4 Å². The third kappa shape index (κ3) is 5.48. The summed E-state index contributed by atoms with van der Waals surface area (Å²) in [5.74, 6) is 2.49. The Hall–Kier alpha value is -2.04. The molecular formula is C17H25IN6O2. The van der Waals surface area contributed by atoms with Gasteiger partial charge in [0.2, 0.25) is 6.79 Å². The van der Waals surface area contributed by atoms with E-state index in [0.717, 1.165) is 55.5 Å². The molecule has 0 aliphatic carbocycles. The molecule has 9 heteroatoms. The zero-order valence-electron chi connectivity index (χ0n) is 15.1. The van der Waals surface area contributed by atoms with Crippen molar-refractivity contribution in [1.82, 2.24) is 25.0 Å². The fraction of sp³-hybridized carbons (Fsp3) is 0.471. The summed E-state index contributed by atoms with van der Waals surface area (Å²) in [4.78, 5) is 6.45. The SMILES string of the molecule is CN=C(NCCCCn1cnnc1)N(C)Cc1ccc2c(c1)OCO2.I. The van der Waals surface area contributed by atoms with Crippen LogP contribution in [0.4, 0.5) is 0 Å². The van der Waals surface area contributed by atoms with Crippen molar-refractivity contribution in [3.05, 3.63) is 36.4 Å². The summed E-state index contributed by atoms with van der Waals surface area (Å²) in [6, 6.07) is 6.02. The van der Waals surface area contributed by atoms with Crippen LogP contribution < -0.4 is 14.8 Å². The lowest BCUT2D eigenvalue weighted by Gasteiger charge is -2.22. The van der Waals surface area contributed by atoms with Crippen molar-refractivity contribution in [2.75, 3.05) is 27.4 Å². The van der Waals surface area contributed by atoms with Gasteiger partial charge in [0.1, 0.15) is 12.7 Å². The van der Waals surface area contributed by atoms with Gasteiger partial charge in [0.05, 0.1) is 0 Å². The smallest absolute Gasteiger partial charge is 0.231 e. The molecule has 1 aromatic carbocycles. The fourth-order valence-corrected chi connectivity index (χ4v) is 2.73. The van der Waals surface area contributed by atoms with Gasteiger partial charge in [-0.3, -0.25) is 4.99 Å². The summed E-state index contributed by atoms with van der Waals surface area (Å²) in [5, 5.41) is 11.0. The molecule has 8 nitrogen and oxygen atoms in total. The molecule has 142 valence electrons. The molecule has 0 unspecified atom stereocenters.